The maximum atomic E-state index is 13.5. The molecule has 1 N–H and O–H groups in total. The van der Waals surface area contributed by atoms with Crippen LogP contribution < -0.4 is 0 Å². The summed E-state index contributed by atoms with van der Waals surface area (Å²) in [7, 11) is 0. The molecule has 1 unspecified atom stereocenters. The zero-order valence-corrected chi connectivity index (χ0v) is 11.5. The van der Waals surface area contributed by atoms with Gasteiger partial charge in [0.05, 0.1) is 11.5 Å². The Labute approximate surface area is 118 Å². The number of aliphatic hydroxyl groups is 1. The van der Waals surface area contributed by atoms with Crippen LogP contribution in [0.2, 0.25) is 0 Å². The molecular weight excluding hydrogens is 257 g/mol. The quantitative estimate of drug-likeness (QED) is 0.900. The summed E-state index contributed by atoms with van der Waals surface area (Å²) in [5, 5.41) is 9.75. The number of halogens is 1. The first-order valence-corrected chi connectivity index (χ1v) is 7.35. The van der Waals surface area contributed by atoms with Crippen LogP contribution in [0.25, 0.3) is 0 Å². The van der Waals surface area contributed by atoms with Crippen LogP contribution in [0.15, 0.2) is 24.3 Å². The SMILES string of the molecule is O=C(N1CCCC(O)C1)C1(c2cccc(F)c2)CCC1. The minimum Gasteiger partial charge on any atom is -0.391 e. The van der Waals surface area contributed by atoms with E-state index in [1.165, 1.54) is 12.1 Å². The van der Waals surface area contributed by atoms with E-state index in [4.69, 9.17) is 0 Å². The molecule has 20 heavy (non-hydrogen) atoms. The third-order valence-corrected chi connectivity index (χ3v) is 4.68. The number of likely N-dealkylation sites (tertiary alicyclic amines) is 1. The van der Waals surface area contributed by atoms with E-state index in [1.54, 1.807) is 11.0 Å². The van der Waals surface area contributed by atoms with Gasteiger partial charge in [-0.3, -0.25) is 4.79 Å². The third kappa shape index (κ3) is 2.22. The Morgan fingerprint density at radius 2 is 2.15 bits per heavy atom. The van der Waals surface area contributed by atoms with Gasteiger partial charge in [-0.25, -0.2) is 4.39 Å². The third-order valence-electron chi connectivity index (χ3n) is 4.68. The van der Waals surface area contributed by atoms with Crippen LogP contribution in [-0.4, -0.2) is 35.1 Å². The van der Waals surface area contributed by atoms with Gasteiger partial charge in [-0.05, 0) is 43.4 Å². The molecule has 1 aromatic rings. The fourth-order valence-corrected chi connectivity index (χ4v) is 3.38. The van der Waals surface area contributed by atoms with Crippen molar-refractivity contribution in [2.24, 2.45) is 0 Å². The lowest BCUT2D eigenvalue weighted by Crippen LogP contribution is -2.54. The van der Waals surface area contributed by atoms with Crippen LogP contribution in [0, 0.1) is 5.82 Å². The minimum absolute atomic E-state index is 0.0631. The Hall–Kier alpha value is -1.42. The predicted molar refractivity (Wildman–Crippen MR) is 73.7 cm³/mol. The molecule has 0 aromatic heterocycles. The second kappa shape index (κ2) is 5.17. The highest BCUT2D eigenvalue weighted by molar-refractivity contribution is 5.89. The number of rotatable bonds is 2. The number of carbonyl (C=O) groups excluding carboxylic acids is 1. The zero-order valence-electron chi connectivity index (χ0n) is 11.5. The monoisotopic (exact) mass is 277 g/mol. The van der Waals surface area contributed by atoms with Gasteiger partial charge in [-0.2, -0.15) is 0 Å². The molecule has 0 spiro atoms. The molecule has 0 bridgehead atoms. The first kappa shape index (κ1) is 13.6. The van der Waals surface area contributed by atoms with Gasteiger partial charge in [-0.15, -0.1) is 0 Å². The number of piperidine rings is 1. The summed E-state index contributed by atoms with van der Waals surface area (Å²) in [6.07, 6.45) is 3.74. The lowest BCUT2D eigenvalue weighted by Gasteiger charge is -2.45. The number of aliphatic hydroxyl groups excluding tert-OH is 1. The van der Waals surface area contributed by atoms with E-state index in [1.807, 2.05) is 6.07 Å². The van der Waals surface area contributed by atoms with Crippen molar-refractivity contribution in [3.05, 3.63) is 35.6 Å². The largest absolute Gasteiger partial charge is 0.391 e. The summed E-state index contributed by atoms with van der Waals surface area (Å²) in [4.78, 5) is 14.6. The van der Waals surface area contributed by atoms with Crippen molar-refractivity contribution in [3.8, 4) is 0 Å². The van der Waals surface area contributed by atoms with E-state index >= 15 is 0 Å². The van der Waals surface area contributed by atoms with Crippen molar-refractivity contribution in [2.75, 3.05) is 13.1 Å². The molecule has 1 atom stereocenters. The first-order valence-electron chi connectivity index (χ1n) is 7.35. The van der Waals surface area contributed by atoms with E-state index in [-0.39, 0.29) is 11.7 Å². The number of amides is 1. The maximum Gasteiger partial charge on any atom is 0.233 e. The molecule has 1 amide bonds. The summed E-state index contributed by atoms with van der Waals surface area (Å²) in [5.41, 5.74) is 0.230. The Morgan fingerprint density at radius 1 is 1.35 bits per heavy atom. The highest BCUT2D eigenvalue weighted by atomic mass is 19.1. The lowest BCUT2D eigenvalue weighted by atomic mass is 9.63. The minimum atomic E-state index is -0.556. The van der Waals surface area contributed by atoms with Gasteiger partial charge in [0.1, 0.15) is 5.82 Å². The zero-order chi connectivity index (χ0) is 14.2. The molecule has 2 aliphatic rings. The highest BCUT2D eigenvalue weighted by Crippen LogP contribution is 2.45. The molecule has 1 aromatic carbocycles. The van der Waals surface area contributed by atoms with Gasteiger partial charge >= 0.3 is 0 Å². The van der Waals surface area contributed by atoms with E-state index in [0.29, 0.717) is 13.1 Å². The fraction of sp³-hybridized carbons (Fsp3) is 0.562. The van der Waals surface area contributed by atoms with Gasteiger partial charge in [0.15, 0.2) is 0 Å². The summed E-state index contributed by atoms with van der Waals surface area (Å²) in [6.45, 7) is 1.11. The standard InChI is InChI=1S/C16H20FNO2/c17-13-5-1-4-12(10-13)16(7-3-8-16)15(20)18-9-2-6-14(19)11-18/h1,4-5,10,14,19H,2-3,6-9,11H2. The number of β-amino-alcohol motifs (C(OH)–C–C–N with tert-alkyl or cyclic N) is 1. The maximum absolute atomic E-state index is 13.5. The second-order valence-corrected chi connectivity index (χ2v) is 5.99. The van der Waals surface area contributed by atoms with Gasteiger partial charge in [0.2, 0.25) is 5.91 Å². The van der Waals surface area contributed by atoms with Crippen LogP contribution in [0.4, 0.5) is 4.39 Å². The van der Waals surface area contributed by atoms with Crippen molar-refractivity contribution >= 4 is 5.91 Å². The molecule has 1 aliphatic carbocycles. The second-order valence-electron chi connectivity index (χ2n) is 5.99. The molecule has 1 heterocycles. The smallest absolute Gasteiger partial charge is 0.233 e. The normalized spacial score (nSPS) is 25.1. The lowest BCUT2D eigenvalue weighted by molar-refractivity contribution is -0.144. The molecular formula is C16H20FNO2. The van der Waals surface area contributed by atoms with Crippen LogP contribution in [-0.2, 0) is 10.2 Å². The molecule has 1 saturated carbocycles. The van der Waals surface area contributed by atoms with Crippen LogP contribution in [0.3, 0.4) is 0 Å². The van der Waals surface area contributed by atoms with Gasteiger partial charge < -0.3 is 10.0 Å². The summed E-state index contributed by atoms with van der Waals surface area (Å²) >= 11 is 0. The Kier molecular flexibility index (Phi) is 3.50. The Morgan fingerprint density at radius 3 is 2.75 bits per heavy atom. The average molecular weight is 277 g/mol. The first-order chi connectivity index (χ1) is 9.62. The van der Waals surface area contributed by atoms with E-state index in [9.17, 15) is 14.3 Å². The average Bonchev–Trinajstić information content (AvgIpc) is 2.37. The molecule has 1 aliphatic heterocycles. The van der Waals surface area contributed by atoms with Crippen LogP contribution in [0.1, 0.15) is 37.7 Å². The van der Waals surface area contributed by atoms with E-state index in [2.05, 4.69) is 0 Å². The molecule has 3 nitrogen and oxygen atoms in total. The van der Waals surface area contributed by atoms with Crippen LogP contribution >= 0.6 is 0 Å². The summed E-state index contributed by atoms with van der Waals surface area (Å²) < 4.78 is 13.5. The molecule has 3 rings (SSSR count). The van der Waals surface area contributed by atoms with Crippen molar-refractivity contribution in [2.45, 2.75) is 43.6 Å². The van der Waals surface area contributed by atoms with Crippen molar-refractivity contribution in [1.29, 1.82) is 0 Å². The number of carbonyl (C=O) groups is 1. The topological polar surface area (TPSA) is 40.5 Å². The van der Waals surface area contributed by atoms with Crippen molar-refractivity contribution < 1.29 is 14.3 Å². The molecule has 0 radical (unpaired) electrons. The predicted octanol–water partition coefficient (Wildman–Crippen LogP) is 2.23. The number of nitrogens with zero attached hydrogens (tertiary/aromatic N) is 1. The van der Waals surface area contributed by atoms with Crippen molar-refractivity contribution in [1.82, 2.24) is 4.90 Å². The van der Waals surface area contributed by atoms with Gasteiger partial charge in [-0.1, -0.05) is 18.6 Å². The molecule has 108 valence electrons. The molecule has 4 heteroatoms. The summed E-state index contributed by atoms with van der Waals surface area (Å²) in [5.74, 6) is -0.228. The fourth-order valence-electron chi connectivity index (χ4n) is 3.38. The Bertz CT molecular complexity index is 513. The number of hydrogen-bond donors (Lipinski definition) is 1. The number of hydrogen-bond acceptors (Lipinski definition) is 2. The van der Waals surface area contributed by atoms with E-state index < -0.39 is 11.5 Å². The van der Waals surface area contributed by atoms with Gasteiger partial charge in [0, 0.05) is 13.1 Å². The molecule has 2 fully saturated rings. The van der Waals surface area contributed by atoms with Crippen LogP contribution in [0.5, 0.6) is 0 Å². The van der Waals surface area contributed by atoms with Gasteiger partial charge in [0.25, 0.3) is 0 Å². The summed E-state index contributed by atoms with van der Waals surface area (Å²) in [6, 6.07) is 6.41. The highest BCUT2D eigenvalue weighted by Gasteiger charge is 2.48. The van der Waals surface area contributed by atoms with Crippen molar-refractivity contribution in [3.63, 3.8) is 0 Å². The van der Waals surface area contributed by atoms with E-state index in [0.717, 1.165) is 37.7 Å². The Balaban J connectivity index is 1.87. The molecule has 1 saturated heterocycles. The number of benzene rings is 1.